The van der Waals surface area contributed by atoms with Crippen LogP contribution in [-0.2, 0) is 11.3 Å². The average molecular weight is 378 g/mol. The zero-order chi connectivity index (χ0) is 19.5. The van der Waals surface area contributed by atoms with Crippen LogP contribution >= 0.6 is 0 Å². The molecule has 0 spiro atoms. The Balaban J connectivity index is 1.48. The molecule has 1 atom stereocenters. The van der Waals surface area contributed by atoms with Crippen molar-refractivity contribution in [3.05, 3.63) is 70.8 Å². The molecule has 142 valence electrons. The highest BCUT2D eigenvalue weighted by Gasteiger charge is 2.19. The van der Waals surface area contributed by atoms with E-state index in [1.54, 1.807) is 43.6 Å². The molecule has 1 aliphatic heterocycles. The number of aromatic nitrogens is 3. The van der Waals surface area contributed by atoms with Gasteiger partial charge in [-0.25, -0.2) is 4.68 Å². The van der Waals surface area contributed by atoms with Crippen LogP contribution < -0.4 is 20.3 Å². The summed E-state index contributed by atoms with van der Waals surface area (Å²) < 4.78 is 11.8. The van der Waals surface area contributed by atoms with E-state index in [0.717, 1.165) is 11.1 Å². The van der Waals surface area contributed by atoms with E-state index in [9.17, 15) is 9.59 Å². The molecule has 1 N–H and O–H groups in total. The van der Waals surface area contributed by atoms with Crippen LogP contribution in [0.1, 0.15) is 18.5 Å². The molecule has 28 heavy (non-hydrogen) atoms. The third-order valence-electron chi connectivity index (χ3n) is 4.45. The molecular formula is C20H18N4O4. The Morgan fingerprint density at radius 3 is 2.75 bits per heavy atom. The molecular weight excluding hydrogens is 360 g/mol. The second-order valence-corrected chi connectivity index (χ2v) is 6.32. The lowest BCUT2D eigenvalue weighted by atomic mass is 10.2. The summed E-state index contributed by atoms with van der Waals surface area (Å²) in [4.78, 5) is 28.8. The molecule has 1 aliphatic rings. The summed E-state index contributed by atoms with van der Waals surface area (Å²) >= 11 is 0. The summed E-state index contributed by atoms with van der Waals surface area (Å²) in [5, 5.41) is 7.17. The zero-order valence-electron chi connectivity index (χ0n) is 15.2. The third kappa shape index (κ3) is 3.57. The van der Waals surface area contributed by atoms with Crippen molar-refractivity contribution in [1.82, 2.24) is 20.1 Å². The van der Waals surface area contributed by atoms with Gasteiger partial charge in [0.05, 0.1) is 5.69 Å². The molecule has 8 nitrogen and oxygen atoms in total. The number of ether oxygens (including phenoxy) is 2. The lowest BCUT2D eigenvalue weighted by Gasteiger charge is -2.15. The van der Waals surface area contributed by atoms with E-state index in [-0.39, 0.29) is 18.3 Å². The quantitative estimate of drug-likeness (QED) is 0.729. The number of nitrogens with one attached hydrogen (secondary N) is 1. The van der Waals surface area contributed by atoms with Crippen LogP contribution in [0.5, 0.6) is 11.5 Å². The zero-order valence-corrected chi connectivity index (χ0v) is 15.2. The predicted octanol–water partition coefficient (Wildman–Crippen LogP) is 1.91. The molecule has 2 aromatic heterocycles. The summed E-state index contributed by atoms with van der Waals surface area (Å²) in [6, 6.07) is 11.3. The van der Waals surface area contributed by atoms with E-state index in [0.29, 0.717) is 23.7 Å². The topological polar surface area (TPSA) is 95.3 Å². The Kier molecular flexibility index (Phi) is 4.76. The maximum Gasteiger partial charge on any atom is 0.267 e. The number of hydrogen-bond acceptors (Lipinski definition) is 6. The van der Waals surface area contributed by atoms with Crippen molar-refractivity contribution in [1.29, 1.82) is 0 Å². The van der Waals surface area contributed by atoms with Gasteiger partial charge in [0.15, 0.2) is 11.5 Å². The van der Waals surface area contributed by atoms with E-state index in [1.165, 1.54) is 10.7 Å². The lowest BCUT2D eigenvalue weighted by Crippen LogP contribution is -2.36. The van der Waals surface area contributed by atoms with E-state index < -0.39 is 6.04 Å². The Hall–Kier alpha value is -3.68. The first-order valence-electron chi connectivity index (χ1n) is 8.78. The van der Waals surface area contributed by atoms with Gasteiger partial charge in [0, 0.05) is 30.6 Å². The molecule has 3 aromatic rings. The summed E-state index contributed by atoms with van der Waals surface area (Å²) in [5.74, 6) is 1.04. The first-order chi connectivity index (χ1) is 13.6. The standard InChI is InChI=1S/C20H18N4O4/c1-13(20(26)22-11-14-2-4-17-18(10-14)28-12-27-17)24-19(25)5-3-16(23-24)15-6-8-21-9-7-15/h2-10,13H,11-12H2,1H3,(H,22,26). The highest BCUT2D eigenvalue weighted by atomic mass is 16.7. The molecule has 0 fully saturated rings. The van der Waals surface area contributed by atoms with Gasteiger partial charge in [-0.05, 0) is 42.8 Å². The largest absolute Gasteiger partial charge is 0.454 e. The molecule has 8 heteroatoms. The van der Waals surface area contributed by atoms with Crippen molar-refractivity contribution in [2.24, 2.45) is 0 Å². The van der Waals surface area contributed by atoms with Crippen LogP contribution in [0.3, 0.4) is 0 Å². The Morgan fingerprint density at radius 2 is 1.93 bits per heavy atom. The molecule has 1 amide bonds. The third-order valence-corrected chi connectivity index (χ3v) is 4.45. The van der Waals surface area contributed by atoms with E-state index in [4.69, 9.17) is 9.47 Å². The number of hydrogen-bond donors (Lipinski definition) is 1. The molecule has 1 aromatic carbocycles. The van der Waals surface area contributed by atoms with Crippen molar-refractivity contribution < 1.29 is 14.3 Å². The maximum atomic E-state index is 12.6. The number of benzene rings is 1. The summed E-state index contributed by atoms with van der Waals surface area (Å²) in [5.41, 5.74) is 1.94. The first-order valence-corrected chi connectivity index (χ1v) is 8.78. The van der Waals surface area contributed by atoms with Crippen LogP contribution in [0.25, 0.3) is 11.3 Å². The molecule has 3 heterocycles. The fourth-order valence-electron chi connectivity index (χ4n) is 2.88. The second kappa shape index (κ2) is 7.51. The van der Waals surface area contributed by atoms with Gasteiger partial charge in [-0.2, -0.15) is 5.10 Å². The molecule has 0 aliphatic carbocycles. The highest BCUT2D eigenvalue weighted by molar-refractivity contribution is 5.79. The first kappa shape index (κ1) is 17.7. The average Bonchev–Trinajstić information content (AvgIpc) is 3.20. The molecule has 0 radical (unpaired) electrons. The van der Waals surface area contributed by atoms with Crippen LogP contribution in [-0.4, -0.2) is 27.5 Å². The van der Waals surface area contributed by atoms with Crippen LogP contribution in [0.15, 0.2) is 59.7 Å². The fourth-order valence-corrected chi connectivity index (χ4v) is 2.88. The fraction of sp³-hybridized carbons (Fsp3) is 0.200. The van der Waals surface area contributed by atoms with Crippen molar-refractivity contribution >= 4 is 5.91 Å². The number of carbonyl (C=O) groups is 1. The van der Waals surface area contributed by atoms with Crippen molar-refractivity contribution in [2.75, 3.05) is 6.79 Å². The molecule has 0 saturated carbocycles. The van der Waals surface area contributed by atoms with Gasteiger partial charge < -0.3 is 14.8 Å². The monoisotopic (exact) mass is 378 g/mol. The number of nitrogens with zero attached hydrogens (tertiary/aromatic N) is 3. The second-order valence-electron chi connectivity index (χ2n) is 6.32. The van der Waals surface area contributed by atoms with Gasteiger partial charge in [-0.1, -0.05) is 6.07 Å². The summed E-state index contributed by atoms with van der Waals surface area (Å²) in [7, 11) is 0. The van der Waals surface area contributed by atoms with Gasteiger partial charge in [0.1, 0.15) is 6.04 Å². The van der Waals surface area contributed by atoms with Gasteiger partial charge in [0.2, 0.25) is 12.7 Å². The van der Waals surface area contributed by atoms with Crippen molar-refractivity contribution in [3.8, 4) is 22.8 Å². The summed E-state index contributed by atoms with van der Waals surface area (Å²) in [6.45, 7) is 2.14. The van der Waals surface area contributed by atoms with Gasteiger partial charge in [0.25, 0.3) is 5.56 Å². The minimum Gasteiger partial charge on any atom is -0.454 e. The van der Waals surface area contributed by atoms with Crippen LogP contribution in [0.4, 0.5) is 0 Å². The number of pyridine rings is 1. The normalized spacial score (nSPS) is 13.2. The van der Waals surface area contributed by atoms with Crippen LogP contribution in [0, 0.1) is 0 Å². The Labute approximate surface area is 160 Å². The molecule has 1 unspecified atom stereocenters. The smallest absolute Gasteiger partial charge is 0.267 e. The predicted molar refractivity (Wildman–Crippen MR) is 101 cm³/mol. The minimum atomic E-state index is -0.761. The molecule has 4 rings (SSSR count). The molecule has 0 saturated heterocycles. The maximum absolute atomic E-state index is 12.6. The van der Waals surface area contributed by atoms with Gasteiger partial charge >= 0.3 is 0 Å². The molecule has 0 bridgehead atoms. The van der Waals surface area contributed by atoms with Crippen LogP contribution in [0.2, 0.25) is 0 Å². The van der Waals surface area contributed by atoms with Crippen molar-refractivity contribution in [3.63, 3.8) is 0 Å². The Bertz CT molecular complexity index is 1070. The minimum absolute atomic E-state index is 0.199. The van der Waals surface area contributed by atoms with E-state index in [2.05, 4.69) is 15.4 Å². The van der Waals surface area contributed by atoms with Gasteiger partial charge in [-0.15, -0.1) is 0 Å². The SMILES string of the molecule is CC(C(=O)NCc1ccc2c(c1)OCO2)n1nc(-c2ccncc2)ccc1=O. The number of carbonyl (C=O) groups excluding carboxylic acids is 1. The van der Waals surface area contributed by atoms with E-state index in [1.807, 2.05) is 12.1 Å². The lowest BCUT2D eigenvalue weighted by molar-refractivity contribution is -0.124. The highest BCUT2D eigenvalue weighted by Crippen LogP contribution is 2.32. The van der Waals surface area contributed by atoms with Gasteiger partial charge in [-0.3, -0.25) is 14.6 Å². The Morgan fingerprint density at radius 1 is 1.14 bits per heavy atom. The number of rotatable bonds is 5. The number of amides is 1. The summed E-state index contributed by atoms with van der Waals surface area (Å²) in [6.07, 6.45) is 3.29. The van der Waals surface area contributed by atoms with E-state index >= 15 is 0 Å². The number of fused-ring (bicyclic) bond motifs is 1. The van der Waals surface area contributed by atoms with Crippen molar-refractivity contribution in [2.45, 2.75) is 19.5 Å².